The molecule has 2 N–H and O–H groups in total. The Morgan fingerprint density at radius 3 is 2.73 bits per heavy atom. The van der Waals surface area contributed by atoms with Crippen LogP contribution in [0, 0.1) is 5.92 Å². The van der Waals surface area contributed by atoms with Crippen LogP contribution < -0.4 is 10.0 Å². The third-order valence-electron chi connectivity index (χ3n) is 5.00. The molecule has 0 saturated heterocycles. The number of hydrogen-bond acceptors (Lipinski definition) is 4. The second kappa shape index (κ2) is 8.66. The normalized spacial score (nSPS) is 18.8. The standard InChI is InChI=1S/C19H27N3O3S/c23-19(13-15-7-3-4-8-15)21-16-9-6-10-17(14-16)26(24,25)22-18-11-2-1-5-12-20-18/h6,9-10,14-15H,1-5,7-8,11-13H2,(H,20,22)(H,21,23). The average molecular weight is 378 g/mol. The Bertz CT molecular complexity index is 768. The molecule has 1 saturated carbocycles. The van der Waals surface area contributed by atoms with Gasteiger partial charge in [0.15, 0.2) is 0 Å². The molecule has 1 aliphatic carbocycles. The number of nitrogens with zero attached hydrogens (tertiary/aromatic N) is 1. The van der Waals surface area contributed by atoms with Gasteiger partial charge in [0.1, 0.15) is 5.84 Å². The summed E-state index contributed by atoms with van der Waals surface area (Å²) in [4.78, 5) is 16.6. The Morgan fingerprint density at radius 2 is 1.92 bits per heavy atom. The van der Waals surface area contributed by atoms with Crippen molar-refractivity contribution < 1.29 is 13.2 Å². The highest BCUT2D eigenvalue weighted by molar-refractivity contribution is 7.90. The molecule has 0 spiro atoms. The molecule has 26 heavy (non-hydrogen) atoms. The summed E-state index contributed by atoms with van der Waals surface area (Å²) < 4.78 is 27.8. The molecule has 3 rings (SSSR count). The van der Waals surface area contributed by atoms with Crippen molar-refractivity contribution in [2.75, 3.05) is 11.9 Å². The maximum absolute atomic E-state index is 12.6. The topological polar surface area (TPSA) is 87.6 Å². The van der Waals surface area contributed by atoms with E-state index in [1.807, 2.05) is 0 Å². The molecule has 0 bridgehead atoms. The predicted molar refractivity (Wildman–Crippen MR) is 103 cm³/mol. The van der Waals surface area contributed by atoms with Crippen LogP contribution in [0.4, 0.5) is 5.69 Å². The highest BCUT2D eigenvalue weighted by Crippen LogP contribution is 2.28. The quantitative estimate of drug-likeness (QED) is 0.824. The molecule has 1 aromatic carbocycles. The first-order valence-electron chi connectivity index (χ1n) is 9.49. The van der Waals surface area contributed by atoms with Gasteiger partial charge in [-0.25, -0.2) is 8.42 Å². The molecule has 0 atom stereocenters. The maximum atomic E-state index is 12.6. The number of carbonyl (C=O) groups excluding carboxylic acids is 1. The molecular weight excluding hydrogens is 350 g/mol. The zero-order valence-corrected chi connectivity index (χ0v) is 15.9. The molecule has 0 unspecified atom stereocenters. The molecule has 1 fully saturated rings. The molecule has 142 valence electrons. The van der Waals surface area contributed by atoms with Crippen LogP contribution in [0.5, 0.6) is 0 Å². The van der Waals surface area contributed by atoms with Gasteiger partial charge in [-0.15, -0.1) is 0 Å². The van der Waals surface area contributed by atoms with Crippen molar-refractivity contribution in [1.82, 2.24) is 4.72 Å². The van der Waals surface area contributed by atoms with Gasteiger partial charge in [-0.1, -0.05) is 25.3 Å². The molecule has 6 nitrogen and oxygen atoms in total. The lowest BCUT2D eigenvalue weighted by molar-refractivity contribution is -0.117. The largest absolute Gasteiger partial charge is 0.326 e. The number of nitrogens with one attached hydrogen (secondary N) is 2. The molecule has 0 aromatic heterocycles. The van der Waals surface area contributed by atoms with E-state index < -0.39 is 10.0 Å². The lowest BCUT2D eigenvalue weighted by Gasteiger charge is -2.12. The predicted octanol–water partition coefficient (Wildman–Crippen LogP) is 3.46. The zero-order valence-electron chi connectivity index (χ0n) is 15.0. The highest BCUT2D eigenvalue weighted by Gasteiger charge is 2.20. The first-order valence-corrected chi connectivity index (χ1v) is 11.0. The molecule has 1 aromatic rings. The third-order valence-corrected chi connectivity index (χ3v) is 6.38. The van der Waals surface area contributed by atoms with E-state index in [0.717, 1.165) is 32.1 Å². The van der Waals surface area contributed by atoms with Crippen molar-refractivity contribution in [2.24, 2.45) is 10.9 Å². The smallest absolute Gasteiger partial charge is 0.262 e. The van der Waals surface area contributed by atoms with Crippen molar-refractivity contribution in [3.05, 3.63) is 24.3 Å². The van der Waals surface area contributed by atoms with E-state index >= 15 is 0 Å². The monoisotopic (exact) mass is 377 g/mol. The number of hydrogen-bond donors (Lipinski definition) is 2. The van der Waals surface area contributed by atoms with Gasteiger partial charge in [-0.3, -0.25) is 14.5 Å². The molecule has 0 radical (unpaired) electrons. The van der Waals surface area contributed by atoms with Gasteiger partial charge in [0, 0.05) is 25.1 Å². The van der Waals surface area contributed by atoms with E-state index in [9.17, 15) is 13.2 Å². The Kier molecular flexibility index (Phi) is 6.29. The summed E-state index contributed by atoms with van der Waals surface area (Å²) in [5.74, 6) is 0.933. The molecule has 7 heteroatoms. The summed E-state index contributed by atoms with van der Waals surface area (Å²) in [6.07, 6.45) is 8.76. The Morgan fingerprint density at radius 1 is 1.12 bits per heavy atom. The average Bonchev–Trinajstić information content (AvgIpc) is 2.97. The minimum atomic E-state index is -3.69. The van der Waals surface area contributed by atoms with Crippen LogP contribution in [-0.4, -0.2) is 26.7 Å². The summed E-state index contributed by atoms with van der Waals surface area (Å²) in [6.45, 7) is 0.662. The van der Waals surface area contributed by atoms with Gasteiger partial charge in [-0.05, 0) is 49.8 Å². The fourth-order valence-corrected chi connectivity index (χ4v) is 4.74. The van der Waals surface area contributed by atoms with E-state index in [0.29, 0.717) is 36.8 Å². The lowest BCUT2D eigenvalue weighted by Crippen LogP contribution is -2.30. The molecule has 1 heterocycles. The first kappa shape index (κ1) is 18.9. The van der Waals surface area contributed by atoms with Gasteiger partial charge in [0.25, 0.3) is 10.0 Å². The van der Waals surface area contributed by atoms with Gasteiger partial charge < -0.3 is 5.32 Å². The Hall–Kier alpha value is -1.89. The van der Waals surface area contributed by atoms with Crippen LogP contribution in [0.3, 0.4) is 0 Å². The summed E-state index contributed by atoms with van der Waals surface area (Å²) in [5.41, 5.74) is 0.513. The summed E-state index contributed by atoms with van der Waals surface area (Å²) in [6, 6.07) is 6.40. The van der Waals surface area contributed by atoms with Crippen LogP contribution in [0.25, 0.3) is 0 Å². The number of anilines is 1. The van der Waals surface area contributed by atoms with Crippen LogP contribution in [0.2, 0.25) is 0 Å². The molecular formula is C19H27N3O3S. The molecule has 2 aliphatic rings. The summed E-state index contributed by atoms with van der Waals surface area (Å²) in [7, 11) is -3.69. The fourth-order valence-electron chi connectivity index (χ4n) is 3.60. The van der Waals surface area contributed by atoms with Crippen LogP contribution in [0.15, 0.2) is 34.2 Å². The van der Waals surface area contributed by atoms with E-state index in [2.05, 4.69) is 15.0 Å². The van der Waals surface area contributed by atoms with Crippen LogP contribution in [-0.2, 0) is 14.8 Å². The van der Waals surface area contributed by atoms with Crippen LogP contribution in [0.1, 0.15) is 57.8 Å². The maximum Gasteiger partial charge on any atom is 0.262 e. The van der Waals surface area contributed by atoms with Gasteiger partial charge in [0.2, 0.25) is 5.91 Å². The highest BCUT2D eigenvalue weighted by atomic mass is 32.2. The first-order chi connectivity index (χ1) is 12.5. The Balaban J connectivity index is 1.65. The van der Waals surface area contributed by atoms with E-state index in [1.54, 1.807) is 12.1 Å². The van der Waals surface area contributed by atoms with Gasteiger partial charge in [-0.2, -0.15) is 0 Å². The summed E-state index contributed by atoms with van der Waals surface area (Å²) in [5, 5.41) is 2.83. The summed E-state index contributed by atoms with van der Waals surface area (Å²) >= 11 is 0. The van der Waals surface area contributed by atoms with Gasteiger partial charge in [0.05, 0.1) is 4.90 Å². The number of aliphatic imine (C=N–C) groups is 1. The van der Waals surface area contributed by atoms with Crippen molar-refractivity contribution >= 4 is 27.5 Å². The van der Waals surface area contributed by atoms with Crippen molar-refractivity contribution in [2.45, 2.75) is 62.7 Å². The van der Waals surface area contributed by atoms with Crippen molar-refractivity contribution in [3.63, 3.8) is 0 Å². The second-order valence-corrected chi connectivity index (χ2v) is 8.86. The molecule has 1 amide bonds. The number of amidine groups is 1. The van der Waals surface area contributed by atoms with Gasteiger partial charge >= 0.3 is 0 Å². The minimum absolute atomic E-state index is 0.0486. The van der Waals surface area contributed by atoms with E-state index in [1.165, 1.54) is 25.0 Å². The zero-order chi connectivity index (χ0) is 18.4. The lowest BCUT2D eigenvalue weighted by atomic mass is 10.0. The number of sulfonamides is 1. The number of benzene rings is 1. The van der Waals surface area contributed by atoms with Crippen LogP contribution >= 0.6 is 0 Å². The number of carbonyl (C=O) groups is 1. The third kappa shape index (κ3) is 5.30. The van der Waals surface area contributed by atoms with Crippen molar-refractivity contribution in [3.8, 4) is 0 Å². The number of rotatable bonds is 5. The van der Waals surface area contributed by atoms with E-state index in [-0.39, 0.29) is 10.8 Å². The molecule has 1 aliphatic heterocycles. The number of amides is 1. The SMILES string of the molecule is O=C(CC1CCCC1)Nc1cccc(S(=O)(=O)NC2=NCCCCC2)c1. The minimum Gasteiger partial charge on any atom is -0.326 e. The Labute approximate surface area is 155 Å². The second-order valence-electron chi connectivity index (χ2n) is 7.18. The van der Waals surface area contributed by atoms with Crippen molar-refractivity contribution in [1.29, 1.82) is 0 Å². The fraction of sp³-hybridized carbons (Fsp3) is 0.579. The van der Waals surface area contributed by atoms with E-state index in [4.69, 9.17) is 0 Å².